The summed E-state index contributed by atoms with van der Waals surface area (Å²) in [7, 11) is 0. The van der Waals surface area contributed by atoms with Crippen molar-refractivity contribution in [2.24, 2.45) is 23.0 Å². The van der Waals surface area contributed by atoms with Gasteiger partial charge in [-0.1, -0.05) is 6.42 Å². The average molecular weight is 330 g/mol. The van der Waals surface area contributed by atoms with E-state index in [2.05, 4.69) is 15.9 Å². The molecule has 1 nitrogen and oxygen atoms in total. The molecule has 0 saturated heterocycles. The lowest BCUT2D eigenvalue weighted by Gasteiger charge is -2.37. The van der Waals surface area contributed by atoms with Crippen LogP contribution in [0.4, 0.5) is 8.78 Å². The highest BCUT2D eigenvalue weighted by Crippen LogP contribution is 2.57. The third kappa shape index (κ3) is 2.13. The fourth-order valence-electron chi connectivity index (χ4n) is 4.18. The standard InChI is InChI=1S/C15H18BrF2N/c16-12-3-4-13(17)11(14(12)18)7-15(8-19)6-9-1-2-10(15)5-9/h3-4,9-10H,1-2,5-8,19H2. The summed E-state index contributed by atoms with van der Waals surface area (Å²) in [5.74, 6) is 0.346. The van der Waals surface area contributed by atoms with Gasteiger partial charge in [0.05, 0.1) is 4.47 Å². The van der Waals surface area contributed by atoms with Gasteiger partial charge in [-0.25, -0.2) is 8.78 Å². The summed E-state index contributed by atoms with van der Waals surface area (Å²) in [4.78, 5) is 0. The molecule has 1 aromatic carbocycles. The van der Waals surface area contributed by atoms with Gasteiger partial charge in [0.25, 0.3) is 0 Å². The maximum atomic E-state index is 14.1. The molecule has 4 heteroatoms. The maximum absolute atomic E-state index is 14.1. The van der Waals surface area contributed by atoms with Crippen molar-refractivity contribution in [1.82, 2.24) is 0 Å². The van der Waals surface area contributed by atoms with Gasteiger partial charge in [-0.3, -0.25) is 0 Å². The van der Waals surface area contributed by atoms with E-state index in [-0.39, 0.29) is 11.0 Å². The van der Waals surface area contributed by atoms with Gasteiger partial charge >= 0.3 is 0 Å². The van der Waals surface area contributed by atoms with Crippen molar-refractivity contribution in [3.63, 3.8) is 0 Å². The molecule has 1 aromatic rings. The predicted octanol–water partition coefficient (Wildman–Crippen LogP) is 4.03. The Morgan fingerprint density at radius 3 is 2.68 bits per heavy atom. The first-order valence-electron chi connectivity index (χ1n) is 6.88. The van der Waals surface area contributed by atoms with E-state index in [1.165, 1.54) is 31.4 Å². The van der Waals surface area contributed by atoms with Gasteiger partial charge in [0.1, 0.15) is 11.6 Å². The highest BCUT2D eigenvalue weighted by atomic mass is 79.9. The molecule has 0 aromatic heterocycles. The molecule has 104 valence electrons. The molecule has 2 N–H and O–H groups in total. The van der Waals surface area contributed by atoms with Gasteiger partial charge in [-0.05, 0) is 77.5 Å². The van der Waals surface area contributed by atoms with E-state index in [9.17, 15) is 8.78 Å². The van der Waals surface area contributed by atoms with Crippen LogP contribution in [0.3, 0.4) is 0 Å². The van der Waals surface area contributed by atoms with E-state index in [1.807, 2.05) is 0 Å². The third-order valence-corrected chi connectivity index (χ3v) is 5.79. The predicted molar refractivity (Wildman–Crippen MR) is 74.7 cm³/mol. The fourth-order valence-corrected chi connectivity index (χ4v) is 4.55. The Morgan fingerprint density at radius 2 is 2.11 bits per heavy atom. The molecule has 2 aliphatic rings. The van der Waals surface area contributed by atoms with Crippen molar-refractivity contribution in [3.05, 3.63) is 33.8 Å². The van der Waals surface area contributed by atoms with E-state index >= 15 is 0 Å². The summed E-state index contributed by atoms with van der Waals surface area (Å²) >= 11 is 3.14. The number of benzene rings is 1. The van der Waals surface area contributed by atoms with Gasteiger partial charge in [0.15, 0.2) is 0 Å². The maximum Gasteiger partial charge on any atom is 0.143 e. The van der Waals surface area contributed by atoms with Crippen LogP contribution in [-0.2, 0) is 6.42 Å². The molecule has 2 aliphatic carbocycles. The molecule has 2 saturated carbocycles. The first kappa shape index (κ1) is 13.5. The van der Waals surface area contributed by atoms with Crippen LogP contribution in [0.2, 0.25) is 0 Å². The topological polar surface area (TPSA) is 26.0 Å². The molecular weight excluding hydrogens is 312 g/mol. The summed E-state index contributed by atoms with van der Waals surface area (Å²) in [6, 6.07) is 2.75. The van der Waals surface area contributed by atoms with Gasteiger partial charge in [-0.15, -0.1) is 0 Å². The summed E-state index contributed by atoms with van der Waals surface area (Å²) in [6.45, 7) is 0.527. The summed E-state index contributed by atoms with van der Waals surface area (Å²) < 4.78 is 28.4. The van der Waals surface area contributed by atoms with Crippen molar-refractivity contribution in [1.29, 1.82) is 0 Å². The Kier molecular flexibility index (Phi) is 3.42. The van der Waals surface area contributed by atoms with Gasteiger partial charge in [-0.2, -0.15) is 0 Å². The summed E-state index contributed by atoms with van der Waals surface area (Å²) in [5, 5.41) is 0. The molecule has 3 rings (SSSR count). The molecule has 3 unspecified atom stereocenters. The number of hydrogen-bond acceptors (Lipinski definition) is 1. The third-order valence-electron chi connectivity index (χ3n) is 5.18. The monoisotopic (exact) mass is 329 g/mol. The van der Waals surface area contributed by atoms with Crippen LogP contribution in [0.25, 0.3) is 0 Å². The van der Waals surface area contributed by atoms with Crippen LogP contribution in [0.1, 0.15) is 31.2 Å². The van der Waals surface area contributed by atoms with Gasteiger partial charge < -0.3 is 5.73 Å². The van der Waals surface area contributed by atoms with Crippen LogP contribution < -0.4 is 5.73 Å². The first-order valence-corrected chi connectivity index (χ1v) is 7.67. The van der Waals surface area contributed by atoms with Crippen LogP contribution in [0.15, 0.2) is 16.6 Å². The van der Waals surface area contributed by atoms with E-state index in [0.717, 1.165) is 6.42 Å². The Hall–Kier alpha value is -0.480. The second-order valence-electron chi connectivity index (χ2n) is 6.15. The lowest BCUT2D eigenvalue weighted by molar-refractivity contribution is 0.168. The molecule has 19 heavy (non-hydrogen) atoms. The normalized spacial score (nSPS) is 33.1. The van der Waals surface area contributed by atoms with E-state index < -0.39 is 11.6 Å². The molecule has 2 bridgehead atoms. The second-order valence-corrected chi connectivity index (χ2v) is 7.00. The zero-order valence-electron chi connectivity index (χ0n) is 10.8. The SMILES string of the molecule is NCC1(Cc2c(F)ccc(Br)c2F)CC2CCC1C2. The van der Waals surface area contributed by atoms with Gasteiger partial charge in [0, 0.05) is 5.56 Å². The highest BCUT2D eigenvalue weighted by molar-refractivity contribution is 9.10. The van der Waals surface area contributed by atoms with E-state index in [0.29, 0.717) is 29.3 Å². The lowest BCUT2D eigenvalue weighted by Crippen LogP contribution is -2.38. The molecular formula is C15H18BrF2N. The fraction of sp³-hybridized carbons (Fsp3) is 0.600. The van der Waals surface area contributed by atoms with E-state index in [4.69, 9.17) is 5.73 Å². The Morgan fingerprint density at radius 1 is 1.32 bits per heavy atom. The molecule has 2 fully saturated rings. The summed E-state index contributed by atoms with van der Waals surface area (Å²) in [6.07, 6.45) is 5.07. The first-order chi connectivity index (χ1) is 9.05. The second kappa shape index (κ2) is 4.81. The molecule has 0 amide bonds. The number of rotatable bonds is 3. The molecule has 0 radical (unpaired) electrons. The highest BCUT2D eigenvalue weighted by Gasteiger charge is 2.50. The van der Waals surface area contributed by atoms with Crippen LogP contribution in [-0.4, -0.2) is 6.54 Å². The van der Waals surface area contributed by atoms with Crippen molar-refractivity contribution in [2.45, 2.75) is 32.1 Å². The molecule has 0 heterocycles. The number of nitrogens with two attached hydrogens (primary N) is 1. The Labute approximate surface area is 120 Å². The molecule has 3 atom stereocenters. The van der Waals surface area contributed by atoms with Crippen molar-refractivity contribution in [3.8, 4) is 0 Å². The van der Waals surface area contributed by atoms with Crippen LogP contribution >= 0.6 is 15.9 Å². The zero-order chi connectivity index (χ0) is 13.6. The minimum absolute atomic E-state index is 0.0919. The molecule has 0 aliphatic heterocycles. The Bertz CT molecular complexity index is 505. The number of fused-ring (bicyclic) bond motifs is 2. The average Bonchev–Trinajstić information content (AvgIpc) is 3.00. The summed E-state index contributed by atoms with van der Waals surface area (Å²) in [5.41, 5.74) is 6.09. The largest absolute Gasteiger partial charge is 0.330 e. The molecule has 0 spiro atoms. The lowest BCUT2D eigenvalue weighted by atomic mass is 9.69. The minimum atomic E-state index is -0.462. The van der Waals surface area contributed by atoms with Crippen LogP contribution in [0, 0.1) is 28.9 Å². The van der Waals surface area contributed by atoms with Crippen molar-refractivity contribution in [2.75, 3.05) is 6.54 Å². The van der Waals surface area contributed by atoms with E-state index in [1.54, 1.807) is 0 Å². The minimum Gasteiger partial charge on any atom is -0.330 e. The smallest absolute Gasteiger partial charge is 0.143 e. The number of hydrogen-bond donors (Lipinski definition) is 1. The Balaban J connectivity index is 1.94. The zero-order valence-corrected chi connectivity index (χ0v) is 12.3. The van der Waals surface area contributed by atoms with Gasteiger partial charge in [0.2, 0.25) is 0 Å². The van der Waals surface area contributed by atoms with Crippen molar-refractivity contribution < 1.29 is 8.78 Å². The quantitative estimate of drug-likeness (QED) is 0.832. The van der Waals surface area contributed by atoms with Crippen molar-refractivity contribution >= 4 is 15.9 Å². The number of halogens is 3. The van der Waals surface area contributed by atoms with Crippen LogP contribution in [0.5, 0.6) is 0 Å².